The van der Waals surface area contributed by atoms with E-state index in [0.717, 1.165) is 11.3 Å². The van der Waals surface area contributed by atoms with Gasteiger partial charge in [0, 0.05) is 19.6 Å². The number of thioether (sulfide) groups is 1. The number of morpholine rings is 1. The molecule has 28 heavy (non-hydrogen) atoms. The number of hydrogen-bond donors (Lipinski definition) is 0. The van der Waals surface area contributed by atoms with Crippen LogP contribution in [0.3, 0.4) is 0 Å². The van der Waals surface area contributed by atoms with Gasteiger partial charge >= 0.3 is 0 Å². The lowest BCUT2D eigenvalue weighted by Crippen LogP contribution is -2.48. The average Bonchev–Trinajstić information content (AvgIpc) is 3.08. The van der Waals surface area contributed by atoms with E-state index < -0.39 is 0 Å². The first kappa shape index (κ1) is 20.4. The van der Waals surface area contributed by atoms with E-state index in [1.165, 1.54) is 11.8 Å². The second-order valence-electron chi connectivity index (χ2n) is 6.75. The van der Waals surface area contributed by atoms with Crippen LogP contribution in [0.5, 0.6) is 5.75 Å². The topological polar surface area (TPSA) is 69.5 Å². The Labute approximate surface area is 169 Å². The van der Waals surface area contributed by atoms with Crippen molar-refractivity contribution in [3.05, 3.63) is 36.9 Å². The predicted octanol–water partition coefficient (Wildman–Crippen LogP) is 2.87. The summed E-state index contributed by atoms with van der Waals surface area (Å²) in [5, 5.41) is 9.34. The molecule has 1 fully saturated rings. The number of benzene rings is 1. The number of nitrogens with zero attached hydrogens (tertiary/aromatic N) is 4. The monoisotopic (exact) mass is 402 g/mol. The fourth-order valence-corrected chi connectivity index (χ4v) is 4.17. The molecule has 2 heterocycles. The van der Waals surface area contributed by atoms with Gasteiger partial charge in [-0.15, -0.1) is 16.8 Å². The van der Waals surface area contributed by atoms with E-state index in [-0.39, 0.29) is 18.1 Å². The molecule has 2 aromatic rings. The van der Waals surface area contributed by atoms with Crippen LogP contribution in [0.1, 0.15) is 13.8 Å². The highest BCUT2D eigenvalue weighted by molar-refractivity contribution is 7.99. The van der Waals surface area contributed by atoms with E-state index in [1.54, 1.807) is 13.2 Å². The maximum atomic E-state index is 12.7. The van der Waals surface area contributed by atoms with E-state index in [2.05, 4.69) is 16.8 Å². The lowest BCUT2D eigenvalue weighted by Gasteiger charge is -2.35. The summed E-state index contributed by atoms with van der Waals surface area (Å²) in [7, 11) is 1.63. The quantitative estimate of drug-likeness (QED) is 0.524. The van der Waals surface area contributed by atoms with E-state index in [0.29, 0.717) is 36.4 Å². The number of amides is 1. The molecule has 8 heteroatoms. The molecule has 0 N–H and O–H groups in total. The average molecular weight is 403 g/mol. The maximum absolute atomic E-state index is 12.7. The number of carbonyl (C=O) groups is 1. The molecule has 1 aliphatic heterocycles. The fourth-order valence-electron chi connectivity index (χ4n) is 3.32. The van der Waals surface area contributed by atoms with E-state index >= 15 is 0 Å². The van der Waals surface area contributed by atoms with Crippen molar-refractivity contribution in [3.8, 4) is 17.1 Å². The third-order valence-electron chi connectivity index (χ3n) is 4.47. The van der Waals surface area contributed by atoms with Crippen molar-refractivity contribution in [1.29, 1.82) is 0 Å². The minimum Gasteiger partial charge on any atom is -0.496 e. The van der Waals surface area contributed by atoms with Gasteiger partial charge in [-0.25, -0.2) is 0 Å². The summed E-state index contributed by atoms with van der Waals surface area (Å²) >= 11 is 1.39. The number of carbonyl (C=O) groups excluding carboxylic acids is 1. The molecule has 7 nitrogen and oxygen atoms in total. The zero-order chi connectivity index (χ0) is 20.1. The third kappa shape index (κ3) is 4.56. The Morgan fingerprint density at radius 1 is 1.32 bits per heavy atom. The molecule has 1 saturated heterocycles. The number of ether oxygens (including phenoxy) is 2. The van der Waals surface area contributed by atoms with E-state index in [4.69, 9.17) is 9.47 Å². The van der Waals surface area contributed by atoms with Gasteiger partial charge in [0.2, 0.25) is 5.91 Å². The van der Waals surface area contributed by atoms with Crippen LogP contribution >= 0.6 is 11.8 Å². The van der Waals surface area contributed by atoms with Gasteiger partial charge < -0.3 is 14.4 Å². The number of aromatic nitrogens is 3. The minimum atomic E-state index is 0.0549. The van der Waals surface area contributed by atoms with Crippen molar-refractivity contribution < 1.29 is 14.3 Å². The Morgan fingerprint density at radius 2 is 2.04 bits per heavy atom. The van der Waals surface area contributed by atoms with Crippen molar-refractivity contribution >= 4 is 17.7 Å². The highest BCUT2D eigenvalue weighted by Gasteiger charge is 2.26. The van der Waals surface area contributed by atoms with Crippen molar-refractivity contribution in [2.24, 2.45) is 0 Å². The van der Waals surface area contributed by atoms with Crippen LogP contribution in [0.15, 0.2) is 42.1 Å². The zero-order valence-electron chi connectivity index (χ0n) is 16.5. The zero-order valence-corrected chi connectivity index (χ0v) is 17.3. The van der Waals surface area contributed by atoms with Crippen molar-refractivity contribution in [2.45, 2.75) is 37.8 Å². The first-order valence-electron chi connectivity index (χ1n) is 9.27. The summed E-state index contributed by atoms with van der Waals surface area (Å²) in [5.74, 6) is 1.81. The normalized spacial score (nSPS) is 19.5. The van der Waals surface area contributed by atoms with Crippen molar-refractivity contribution in [3.63, 3.8) is 0 Å². The summed E-state index contributed by atoms with van der Waals surface area (Å²) in [6.07, 6.45) is 1.90. The standard InChI is InChI=1S/C20H26N4O3S/c1-5-10-24-19(16-8-6-7-9-17(16)26-4)21-22-20(24)28-13-18(25)23-11-14(2)27-15(3)12-23/h5-9,14-15H,1,10-13H2,2-4H3/t14-,15+. The van der Waals surface area contributed by atoms with Gasteiger partial charge in [-0.2, -0.15) is 0 Å². The molecule has 150 valence electrons. The summed E-state index contributed by atoms with van der Waals surface area (Å²) < 4.78 is 13.1. The lowest BCUT2D eigenvalue weighted by atomic mass is 10.2. The number of methoxy groups -OCH3 is 1. The van der Waals surface area contributed by atoms with E-state index in [1.807, 2.05) is 47.6 Å². The Kier molecular flexibility index (Phi) is 6.74. The SMILES string of the molecule is C=CCn1c(SCC(=O)N2C[C@@H](C)O[C@@H](C)C2)nnc1-c1ccccc1OC. The largest absolute Gasteiger partial charge is 0.496 e. The van der Waals surface area contributed by atoms with Gasteiger partial charge in [-0.3, -0.25) is 9.36 Å². The van der Waals surface area contributed by atoms with Crippen LogP contribution in [0.2, 0.25) is 0 Å². The number of para-hydroxylation sites is 1. The second kappa shape index (κ2) is 9.25. The molecule has 1 aromatic carbocycles. The molecule has 2 atom stereocenters. The summed E-state index contributed by atoms with van der Waals surface area (Å²) in [5.41, 5.74) is 0.855. The molecule has 0 spiro atoms. The smallest absolute Gasteiger partial charge is 0.233 e. The lowest BCUT2D eigenvalue weighted by molar-refractivity contribution is -0.140. The van der Waals surface area contributed by atoms with Crippen molar-refractivity contribution in [1.82, 2.24) is 19.7 Å². The van der Waals surface area contributed by atoms with Gasteiger partial charge in [0.1, 0.15) is 5.75 Å². The first-order chi connectivity index (χ1) is 13.5. The Hall–Kier alpha value is -2.32. The summed E-state index contributed by atoms with van der Waals surface area (Å²) in [4.78, 5) is 14.5. The van der Waals surface area contributed by atoms with Gasteiger partial charge in [-0.05, 0) is 26.0 Å². The number of hydrogen-bond acceptors (Lipinski definition) is 6. The molecule has 0 radical (unpaired) electrons. The summed E-state index contributed by atoms with van der Waals surface area (Å²) in [6.45, 7) is 9.60. The number of allylic oxidation sites excluding steroid dienone is 1. The van der Waals surface area contributed by atoms with Gasteiger partial charge in [-0.1, -0.05) is 30.0 Å². The molecule has 1 amide bonds. The molecule has 3 rings (SSSR count). The Balaban J connectivity index is 1.76. The van der Waals surface area contributed by atoms with Gasteiger partial charge in [0.15, 0.2) is 11.0 Å². The van der Waals surface area contributed by atoms with Gasteiger partial charge in [0.25, 0.3) is 0 Å². The van der Waals surface area contributed by atoms with Crippen LogP contribution in [0.4, 0.5) is 0 Å². The molecule has 0 aliphatic carbocycles. The Bertz CT molecular complexity index is 829. The molecule has 0 unspecified atom stereocenters. The van der Waals surface area contributed by atoms with Crippen LogP contribution in [-0.2, 0) is 16.1 Å². The van der Waals surface area contributed by atoms with E-state index in [9.17, 15) is 4.79 Å². The van der Waals surface area contributed by atoms with Crippen molar-refractivity contribution in [2.75, 3.05) is 26.0 Å². The predicted molar refractivity (Wildman–Crippen MR) is 110 cm³/mol. The molecule has 0 bridgehead atoms. The Morgan fingerprint density at radius 3 is 2.71 bits per heavy atom. The third-order valence-corrected chi connectivity index (χ3v) is 5.42. The van der Waals surface area contributed by atoms with Crippen LogP contribution in [0, 0.1) is 0 Å². The summed E-state index contributed by atoms with van der Waals surface area (Å²) in [6, 6.07) is 7.68. The van der Waals surface area contributed by atoms with Crippen LogP contribution < -0.4 is 4.74 Å². The minimum absolute atomic E-state index is 0.0549. The molecular formula is C20H26N4O3S. The van der Waals surface area contributed by atoms with Crippen LogP contribution in [0.25, 0.3) is 11.4 Å². The fraction of sp³-hybridized carbons (Fsp3) is 0.450. The van der Waals surface area contributed by atoms with Crippen LogP contribution in [-0.4, -0.2) is 63.7 Å². The molecule has 1 aromatic heterocycles. The first-order valence-corrected chi connectivity index (χ1v) is 10.3. The highest BCUT2D eigenvalue weighted by Crippen LogP contribution is 2.31. The highest BCUT2D eigenvalue weighted by atomic mass is 32.2. The molecule has 1 aliphatic rings. The van der Waals surface area contributed by atoms with Gasteiger partial charge in [0.05, 0.1) is 30.6 Å². The number of rotatable bonds is 7. The molecule has 0 saturated carbocycles. The maximum Gasteiger partial charge on any atom is 0.233 e. The molecular weight excluding hydrogens is 376 g/mol. The second-order valence-corrected chi connectivity index (χ2v) is 7.69.